The smallest absolute Gasteiger partial charge is 0.309 e. The lowest BCUT2D eigenvalue weighted by Gasteiger charge is -2.51. The molecule has 2 N–H and O–H groups in total. The molecule has 5 rings (SSSR count). The summed E-state index contributed by atoms with van der Waals surface area (Å²) in [7, 11) is 0. The molecule has 2 amide bonds. The van der Waals surface area contributed by atoms with Gasteiger partial charge in [-0.05, 0) is 74.3 Å². The molecule has 1 aromatic rings. The van der Waals surface area contributed by atoms with Crippen LogP contribution in [0.3, 0.4) is 0 Å². The maximum Gasteiger partial charge on any atom is 0.309 e. The fraction of sp³-hybridized carbons (Fsp3) is 0.667. The Labute approximate surface area is 217 Å². The van der Waals surface area contributed by atoms with Gasteiger partial charge in [0.1, 0.15) is 0 Å². The Bertz CT molecular complexity index is 926. The van der Waals surface area contributed by atoms with E-state index in [1.165, 1.54) is 0 Å². The second-order valence-corrected chi connectivity index (χ2v) is 13.0. The first-order valence-corrected chi connectivity index (χ1v) is 14.3. The summed E-state index contributed by atoms with van der Waals surface area (Å²) < 4.78 is 0. The van der Waals surface area contributed by atoms with Crippen molar-refractivity contribution in [2.24, 2.45) is 11.3 Å². The van der Waals surface area contributed by atoms with Gasteiger partial charge < -0.3 is 15.3 Å². The zero-order chi connectivity index (χ0) is 25.2. The number of likely N-dealkylation sites (tertiary alicyclic amines) is 1. The molecule has 1 aromatic carbocycles. The number of halogens is 1. The van der Waals surface area contributed by atoms with Crippen LogP contribution in [0.5, 0.6) is 0 Å². The third-order valence-corrected chi connectivity index (χ3v) is 9.71. The molecular formula is C27H37ClN2O4S. The van der Waals surface area contributed by atoms with E-state index < -0.39 is 11.4 Å². The summed E-state index contributed by atoms with van der Waals surface area (Å²) in [4.78, 5) is 40.4. The van der Waals surface area contributed by atoms with Crippen molar-refractivity contribution < 1.29 is 19.5 Å². The summed E-state index contributed by atoms with van der Waals surface area (Å²) in [5.41, 5.74) is 0.188. The second-order valence-electron chi connectivity index (χ2n) is 10.9. The summed E-state index contributed by atoms with van der Waals surface area (Å²) in [5.74, 6) is -0.166. The van der Waals surface area contributed by atoms with E-state index in [0.29, 0.717) is 61.8 Å². The summed E-state index contributed by atoms with van der Waals surface area (Å²) in [6.45, 7) is 4.97. The van der Waals surface area contributed by atoms with Crippen molar-refractivity contribution in [2.45, 2.75) is 88.5 Å². The monoisotopic (exact) mass is 520 g/mol. The van der Waals surface area contributed by atoms with Crippen molar-refractivity contribution in [3.63, 3.8) is 0 Å². The number of carbonyl (C=O) groups is 3. The van der Waals surface area contributed by atoms with Crippen molar-refractivity contribution in [3.05, 3.63) is 34.9 Å². The molecule has 2 bridgehead atoms. The van der Waals surface area contributed by atoms with Gasteiger partial charge in [0.05, 0.1) is 11.5 Å². The van der Waals surface area contributed by atoms with Crippen molar-refractivity contribution in [1.29, 1.82) is 0 Å². The number of amides is 2. The van der Waals surface area contributed by atoms with Crippen LogP contribution in [0.25, 0.3) is 0 Å². The van der Waals surface area contributed by atoms with E-state index in [1.807, 2.05) is 40.9 Å². The number of hydrogen-bond donors (Lipinski definition) is 2. The van der Waals surface area contributed by atoms with Gasteiger partial charge in [0.15, 0.2) is 0 Å². The van der Waals surface area contributed by atoms with Crippen LogP contribution < -0.4 is 5.32 Å². The van der Waals surface area contributed by atoms with E-state index in [-0.39, 0.29) is 35.7 Å². The van der Waals surface area contributed by atoms with E-state index in [4.69, 9.17) is 11.6 Å². The van der Waals surface area contributed by atoms with E-state index in [9.17, 15) is 19.5 Å². The van der Waals surface area contributed by atoms with Gasteiger partial charge >= 0.3 is 5.97 Å². The van der Waals surface area contributed by atoms with Gasteiger partial charge in [0.25, 0.3) is 0 Å². The highest BCUT2D eigenvalue weighted by molar-refractivity contribution is 7.99. The maximum absolute atomic E-state index is 13.6. The fourth-order valence-electron chi connectivity index (χ4n) is 6.16. The molecule has 2 atom stereocenters. The van der Waals surface area contributed by atoms with Gasteiger partial charge in [-0.1, -0.05) is 37.6 Å². The summed E-state index contributed by atoms with van der Waals surface area (Å²) in [6, 6.07) is 7.74. The van der Waals surface area contributed by atoms with Crippen LogP contribution in [-0.4, -0.2) is 50.9 Å². The van der Waals surface area contributed by atoms with E-state index in [2.05, 4.69) is 19.2 Å². The molecule has 3 aliphatic carbocycles. The zero-order valence-electron chi connectivity index (χ0n) is 20.7. The molecule has 35 heavy (non-hydrogen) atoms. The Hall–Kier alpha value is -1.73. The third-order valence-electron chi connectivity index (χ3n) is 8.37. The Morgan fingerprint density at radius 1 is 1.11 bits per heavy atom. The summed E-state index contributed by atoms with van der Waals surface area (Å²) >= 11 is 7.92. The first-order valence-electron chi connectivity index (χ1n) is 12.9. The van der Waals surface area contributed by atoms with Crippen LogP contribution in [0.4, 0.5) is 0 Å². The first-order chi connectivity index (χ1) is 16.6. The standard InChI is InChI=1S/C27H37ClN2O4S/c1-18(2)35-16-15-30-22(19-3-6-21(28)7-4-19)8-5-20(24(30)32)17-23(31)29-27-12-9-26(10-13-27,11-14-27)25(33)34/h3-4,6-7,18,20,22H,5,8-17H2,1-2H3,(H,29,31)(H,33,34). The number of piperidine rings is 1. The SMILES string of the molecule is CC(C)SCCN1C(=O)C(CC(=O)NC23CCC(C(=O)O)(CC2)CC3)CCC1c1ccc(Cl)cc1. The van der Waals surface area contributed by atoms with Crippen LogP contribution in [0, 0.1) is 11.3 Å². The number of carboxylic acid groups (broad SMARTS) is 1. The van der Waals surface area contributed by atoms with Crippen molar-refractivity contribution >= 4 is 41.1 Å². The topological polar surface area (TPSA) is 86.7 Å². The van der Waals surface area contributed by atoms with Gasteiger partial charge in [-0.3, -0.25) is 14.4 Å². The lowest BCUT2D eigenvalue weighted by atomic mass is 9.57. The Kier molecular flexibility index (Phi) is 8.06. The molecule has 8 heteroatoms. The molecule has 192 valence electrons. The molecule has 4 aliphatic rings. The molecule has 1 aliphatic heterocycles. The van der Waals surface area contributed by atoms with Crippen molar-refractivity contribution in [3.8, 4) is 0 Å². The first kappa shape index (κ1) is 26.3. The van der Waals surface area contributed by atoms with Gasteiger partial charge in [0.2, 0.25) is 11.8 Å². The molecule has 1 saturated heterocycles. The van der Waals surface area contributed by atoms with Gasteiger partial charge in [0, 0.05) is 35.2 Å². The number of benzene rings is 1. The largest absolute Gasteiger partial charge is 0.481 e. The minimum Gasteiger partial charge on any atom is -0.481 e. The number of thioether (sulfide) groups is 1. The van der Waals surface area contributed by atoms with Crippen molar-refractivity contribution in [2.75, 3.05) is 12.3 Å². The van der Waals surface area contributed by atoms with Gasteiger partial charge in [-0.15, -0.1) is 0 Å². The Morgan fingerprint density at radius 2 is 1.74 bits per heavy atom. The van der Waals surface area contributed by atoms with Crippen LogP contribution in [0.1, 0.15) is 83.2 Å². The molecule has 2 unspecified atom stereocenters. The van der Waals surface area contributed by atoms with Crippen LogP contribution in [0.2, 0.25) is 5.02 Å². The molecule has 3 saturated carbocycles. The Balaban J connectivity index is 1.40. The number of carbonyl (C=O) groups excluding carboxylic acids is 2. The number of carboxylic acids is 1. The van der Waals surface area contributed by atoms with Crippen LogP contribution in [-0.2, 0) is 14.4 Å². The molecule has 4 fully saturated rings. The molecule has 0 aromatic heterocycles. The number of hydrogen-bond acceptors (Lipinski definition) is 4. The minimum absolute atomic E-state index is 0.00580. The highest BCUT2D eigenvalue weighted by atomic mass is 35.5. The second kappa shape index (κ2) is 10.7. The van der Waals surface area contributed by atoms with E-state index in [0.717, 1.165) is 17.7 Å². The van der Waals surface area contributed by atoms with E-state index >= 15 is 0 Å². The molecule has 1 heterocycles. The van der Waals surface area contributed by atoms with Gasteiger partial charge in [-0.25, -0.2) is 0 Å². The minimum atomic E-state index is -0.698. The highest BCUT2D eigenvalue weighted by Gasteiger charge is 2.53. The molecule has 6 nitrogen and oxygen atoms in total. The molecule has 0 radical (unpaired) electrons. The highest BCUT2D eigenvalue weighted by Crippen LogP contribution is 2.52. The summed E-state index contributed by atoms with van der Waals surface area (Å²) in [6.07, 6.45) is 5.69. The van der Waals surface area contributed by atoms with Crippen molar-refractivity contribution in [1.82, 2.24) is 10.2 Å². The lowest BCUT2D eigenvalue weighted by Crippen LogP contribution is -2.58. The number of rotatable bonds is 9. The molecule has 0 spiro atoms. The average Bonchev–Trinajstić information content (AvgIpc) is 2.82. The number of nitrogens with one attached hydrogen (secondary N) is 1. The third kappa shape index (κ3) is 5.82. The number of fused-ring (bicyclic) bond motifs is 3. The fourth-order valence-corrected chi connectivity index (χ4v) is 7.06. The quantitative estimate of drug-likeness (QED) is 0.452. The zero-order valence-corrected chi connectivity index (χ0v) is 22.3. The predicted octanol–water partition coefficient (Wildman–Crippen LogP) is 5.45. The molecular weight excluding hydrogens is 484 g/mol. The number of nitrogens with zero attached hydrogens (tertiary/aromatic N) is 1. The van der Waals surface area contributed by atoms with Gasteiger partial charge in [-0.2, -0.15) is 11.8 Å². The lowest BCUT2D eigenvalue weighted by molar-refractivity contribution is -0.157. The van der Waals surface area contributed by atoms with Crippen LogP contribution in [0.15, 0.2) is 24.3 Å². The Morgan fingerprint density at radius 3 is 2.31 bits per heavy atom. The van der Waals surface area contributed by atoms with Crippen LogP contribution >= 0.6 is 23.4 Å². The van der Waals surface area contributed by atoms with E-state index in [1.54, 1.807) is 0 Å². The predicted molar refractivity (Wildman–Crippen MR) is 139 cm³/mol. The average molecular weight is 521 g/mol. The maximum atomic E-state index is 13.6. The number of aliphatic carboxylic acids is 1. The normalized spacial score (nSPS) is 30.5. The summed E-state index contributed by atoms with van der Waals surface area (Å²) in [5, 5.41) is 14.0.